The van der Waals surface area contributed by atoms with Crippen molar-refractivity contribution in [2.45, 2.75) is 52.1 Å². The number of carbonyl (C=O) groups excluding carboxylic acids is 3. The van der Waals surface area contributed by atoms with Gasteiger partial charge in [-0.15, -0.1) is 10.2 Å². The Morgan fingerprint density at radius 2 is 1.93 bits per heavy atom. The molecule has 2 aromatic heterocycles. The molecule has 0 radical (unpaired) electrons. The number of hydrogen-bond acceptors (Lipinski definition) is 8. The molecule has 0 spiro atoms. The van der Waals surface area contributed by atoms with Crippen LogP contribution in [0.4, 0.5) is 0 Å². The molecule has 0 aliphatic carbocycles. The van der Waals surface area contributed by atoms with Crippen LogP contribution < -0.4 is 0 Å². The number of H-pyrrole nitrogens is 1. The van der Waals surface area contributed by atoms with Crippen LogP contribution in [0.15, 0.2) is 48.5 Å². The number of aryl methyl sites for hydroxylation is 1. The first-order chi connectivity index (χ1) is 20.0. The first-order valence-corrected chi connectivity index (χ1v) is 14.0. The maximum absolute atomic E-state index is 13.6. The molecular weight excluding hydrogens is 522 g/mol. The Hall–Kier alpha value is -4.67. The summed E-state index contributed by atoms with van der Waals surface area (Å²) in [7, 11) is 0. The summed E-state index contributed by atoms with van der Waals surface area (Å²) in [6, 6.07) is 15.3. The molecule has 2 aromatic carbocycles. The summed E-state index contributed by atoms with van der Waals surface area (Å²) >= 11 is 0. The maximum atomic E-state index is 13.6. The van der Waals surface area contributed by atoms with Crippen LogP contribution in [0.2, 0.25) is 0 Å². The number of benzene rings is 2. The van der Waals surface area contributed by atoms with Crippen LogP contribution in [0.3, 0.4) is 0 Å². The minimum absolute atomic E-state index is 0.104. The third kappa shape index (κ3) is 4.71. The van der Waals surface area contributed by atoms with Crippen molar-refractivity contribution in [2.24, 2.45) is 5.92 Å². The Kier molecular flexibility index (Phi) is 7.17. The van der Waals surface area contributed by atoms with E-state index in [4.69, 9.17) is 9.72 Å². The summed E-state index contributed by atoms with van der Waals surface area (Å²) in [4.78, 5) is 46.0. The van der Waals surface area contributed by atoms with Crippen LogP contribution in [-0.2, 0) is 38.5 Å². The number of aromatic nitrogens is 6. The zero-order valence-corrected chi connectivity index (χ0v) is 23.0. The first kappa shape index (κ1) is 26.5. The highest BCUT2D eigenvalue weighted by Crippen LogP contribution is 2.40. The fraction of sp³-hybridized carbons (Fsp3) is 0.367. The van der Waals surface area contributed by atoms with Crippen LogP contribution in [0.5, 0.6) is 0 Å². The Balaban J connectivity index is 1.43. The number of aromatic amines is 1. The van der Waals surface area contributed by atoms with E-state index >= 15 is 0 Å². The van der Waals surface area contributed by atoms with E-state index in [0.29, 0.717) is 31.0 Å². The number of esters is 1. The number of nitrogens with zero attached hydrogens (tertiary/aromatic N) is 6. The van der Waals surface area contributed by atoms with Gasteiger partial charge in [-0.25, -0.2) is 4.98 Å². The lowest BCUT2D eigenvalue weighted by molar-refractivity contribution is -0.154. The van der Waals surface area contributed by atoms with Gasteiger partial charge in [-0.1, -0.05) is 55.8 Å². The van der Waals surface area contributed by atoms with Gasteiger partial charge in [0.2, 0.25) is 11.7 Å². The zero-order chi connectivity index (χ0) is 28.5. The number of fused-ring (bicyclic) bond motifs is 3. The van der Waals surface area contributed by atoms with Gasteiger partial charge in [0, 0.05) is 31.5 Å². The van der Waals surface area contributed by atoms with E-state index in [-0.39, 0.29) is 6.61 Å². The number of Topliss-reactive ketones (excluding diaryl/α,β-unsaturated/α-hetero) is 1. The molecule has 4 aromatic rings. The second-order valence-electron chi connectivity index (χ2n) is 10.3. The fourth-order valence-corrected chi connectivity index (χ4v) is 5.88. The quantitative estimate of drug-likeness (QED) is 0.246. The minimum atomic E-state index is -1.43. The standard InChI is InChI=1S/C30H31N7O4/c1-3-5-11-23-31-22-14-15-36-26(27(38)24(29(36)39)30(40)41-4-2)25(22)37(23)17-18-12-13-20(19-9-7-6-8-10-19)21(16-18)28-32-34-35-33-28/h6-10,12-13,16,24,26H,3-5,11,14-15,17H2,1-2H3,(H,32,33,34,35). The van der Waals surface area contributed by atoms with Gasteiger partial charge in [-0.2, -0.15) is 5.21 Å². The van der Waals surface area contributed by atoms with E-state index in [2.05, 4.69) is 32.1 Å². The summed E-state index contributed by atoms with van der Waals surface area (Å²) in [5, 5.41) is 14.8. The number of ether oxygens (including phenoxy) is 1. The van der Waals surface area contributed by atoms with Gasteiger partial charge in [0.15, 0.2) is 11.7 Å². The molecular formula is C30H31N7O4. The third-order valence-electron chi connectivity index (χ3n) is 7.78. The van der Waals surface area contributed by atoms with Crippen LogP contribution >= 0.6 is 0 Å². The number of rotatable bonds is 9. The summed E-state index contributed by atoms with van der Waals surface area (Å²) in [5.41, 5.74) is 5.27. The van der Waals surface area contributed by atoms with Crippen molar-refractivity contribution in [1.29, 1.82) is 0 Å². The molecule has 2 aliphatic heterocycles. The number of ketones is 1. The molecule has 210 valence electrons. The lowest BCUT2D eigenvalue weighted by Gasteiger charge is -2.29. The monoisotopic (exact) mass is 553 g/mol. The Morgan fingerprint density at radius 3 is 2.66 bits per heavy atom. The summed E-state index contributed by atoms with van der Waals surface area (Å²) < 4.78 is 7.16. The second kappa shape index (κ2) is 11.1. The highest BCUT2D eigenvalue weighted by Gasteiger charge is 2.55. The van der Waals surface area contributed by atoms with Gasteiger partial charge >= 0.3 is 5.97 Å². The van der Waals surface area contributed by atoms with Crippen molar-refractivity contribution >= 4 is 17.7 Å². The fourth-order valence-electron chi connectivity index (χ4n) is 5.88. The molecule has 1 N–H and O–H groups in total. The van der Waals surface area contributed by atoms with E-state index in [1.54, 1.807) is 6.92 Å². The van der Waals surface area contributed by atoms with E-state index in [0.717, 1.165) is 53.0 Å². The Bertz CT molecular complexity index is 1600. The topological polar surface area (TPSA) is 136 Å². The normalized spacial score (nSPS) is 18.0. The molecule has 2 aliphatic rings. The molecule has 1 fully saturated rings. The Morgan fingerprint density at radius 1 is 1.10 bits per heavy atom. The number of nitrogens with one attached hydrogen (secondary N) is 1. The molecule has 1 amide bonds. The molecule has 0 bridgehead atoms. The highest BCUT2D eigenvalue weighted by atomic mass is 16.5. The number of unbranched alkanes of at least 4 members (excludes halogenated alkanes) is 1. The number of amides is 1. The summed E-state index contributed by atoms with van der Waals surface area (Å²) in [6.07, 6.45) is 3.18. The van der Waals surface area contributed by atoms with Gasteiger partial charge in [0.1, 0.15) is 11.9 Å². The molecule has 0 saturated carbocycles. The number of imidazole rings is 1. The number of carbonyl (C=O) groups is 3. The molecule has 4 heterocycles. The molecule has 6 rings (SSSR count). The van der Waals surface area contributed by atoms with Crippen LogP contribution in [0, 0.1) is 5.92 Å². The number of tetrazole rings is 1. The largest absolute Gasteiger partial charge is 0.465 e. The third-order valence-corrected chi connectivity index (χ3v) is 7.78. The van der Waals surface area contributed by atoms with Crippen molar-refractivity contribution in [1.82, 2.24) is 35.1 Å². The van der Waals surface area contributed by atoms with Gasteiger partial charge < -0.3 is 14.2 Å². The van der Waals surface area contributed by atoms with E-state index in [9.17, 15) is 14.4 Å². The lowest BCUT2D eigenvalue weighted by Crippen LogP contribution is -2.37. The first-order valence-electron chi connectivity index (χ1n) is 14.0. The van der Waals surface area contributed by atoms with E-state index in [1.165, 1.54) is 4.90 Å². The van der Waals surface area contributed by atoms with Gasteiger partial charge in [-0.3, -0.25) is 14.4 Å². The van der Waals surface area contributed by atoms with Crippen molar-refractivity contribution in [3.05, 3.63) is 71.3 Å². The van der Waals surface area contributed by atoms with Crippen LogP contribution in [0.25, 0.3) is 22.5 Å². The van der Waals surface area contributed by atoms with Crippen molar-refractivity contribution in [3.63, 3.8) is 0 Å². The van der Waals surface area contributed by atoms with Gasteiger partial charge in [0.25, 0.3) is 0 Å². The SMILES string of the molecule is CCCCc1nc2c(n1Cc1ccc(-c3ccccc3)c(-c3nn[nH]n3)c1)C1C(=O)C(C(=O)OCC)C(=O)N1CC2. The predicted octanol–water partition coefficient (Wildman–Crippen LogP) is 3.31. The van der Waals surface area contributed by atoms with E-state index in [1.807, 2.05) is 48.5 Å². The van der Waals surface area contributed by atoms with Gasteiger partial charge in [0.05, 0.1) is 18.0 Å². The average molecular weight is 554 g/mol. The average Bonchev–Trinajstić information content (AvgIpc) is 3.70. The second-order valence-corrected chi connectivity index (χ2v) is 10.3. The number of hydrogen-bond donors (Lipinski definition) is 1. The van der Waals surface area contributed by atoms with Crippen LogP contribution in [-0.4, -0.2) is 65.9 Å². The minimum Gasteiger partial charge on any atom is -0.465 e. The predicted molar refractivity (Wildman–Crippen MR) is 148 cm³/mol. The molecule has 2 unspecified atom stereocenters. The maximum Gasteiger partial charge on any atom is 0.326 e. The summed E-state index contributed by atoms with van der Waals surface area (Å²) in [5.74, 6) is -1.79. The van der Waals surface area contributed by atoms with Gasteiger partial charge in [-0.05, 0) is 41.3 Å². The molecule has 41 heavy (non-hydrogen) atoms. The van der Waals surface area contributed by atoms with Crippen LogP contribution in [0.1, 0.15) is 55.5 Å². The molecule has 11 nitrogen and oxygen atoms in total. The highest BCUT2D eigenvalue weighted by molar-refractivity contribution is 6.22. The van der Waals surface area contributed by atoms with Crippen molar-refractivity contribution in [2.75, 3.05) is 13.2 Å². The lowest BCUT2D eigenvalue weighted by atomic mass is 9.96. The van der Waals surface area contributed by atoms with Crippen molar-refractivity contribution < 1.29 is 19.1 Å². The zero-order valence-electron chi connectivity index (χ0n) is 23.0. The molecule has 11 heteroatoms. The molecule has 2 atom stereocenters. The molecule has 1 saturated heterocycles. The van der Waals surface area contributed by atoms with E-state index < -0.39 is 29.6 Å². The summed E-state index contributed by atoms with van der Waals surface area (Å²) in [6.45, 7) is 4.66. The van der Waals surface area contributed by atoms with Crippen molar-refractivity contribution in [3.8, 4) is 22.5 Å². The smallest absolute Gasteiger partial charge is 0.326 e. The Labute approximate surface area is 236 Å².